The topological polar surface area (TPSA) is 181 Å². The molecule has 12 nitrogen and oxygen atoms in total. The van der Waals surface area contributed by atoms with Crippen LogP contribution in [0.1, 0.15) is 24.0 Å². The number of likely N-dealkylation sites (N-methyl/N-ethyl adjacent to an activating group) is 2. The van der Waals surface area contributed by atoms with Crippen molar-refractivity contribution in [2.75, 3.05) is 39.5 Å². The van der Waals surface area contributed by atoms with Gasteiger partial charge in [0, 0.05) is 18.5 Å². The molecule has 0 saturated carbocycles. The minimum atomic E-state index is -1.33. The van der Waals surface area contributed by atoms with Crippen LogP contribution in [0.4, 0.5) is 5.69 Å². The molecule has 0 aliphatic carbocycles. The molecule has 0 radical (unpaired) electrons. The van der Waals surface area contributed by atoms with Gasteiger partial charge in [0.05, 0.1) is 12.6 Å². The zero-order valence-corrected chi connectivity index (χ0v) is 23.0. The van der Waals surface area contributed by atoms with Crippen molar-refractivity contribution >= 4 is 29.4 Å². The average molecular weight is 555 g/mol. The highest BCUT2D eigenvalue weighted by molar-refractivity contribution is 5.94. The maximum absolute atomic E-state index is 13.3. The Kier molecular flexibility index (Phi) is 11.0. The second-order valence-electron chi connectivity index (χ2n) is 9.75. The Morgan fingerprint density at radius 3 is 2.27 bits per heavy atom. The molecule has 2 aromatic rings. The van der Waals surface area contributed by atoms with Crippen molar-refractivity contribution in [1.82, 2.24) is 26.6 Å². The second-order valence-corrected chi connectivity index (χ2v) is 9.75. The summed E-state index contributed by atoms with van der Waals surface area (Å²) in [7, 11) is 5.02. The van der Waals surface area contributed by atoms with Crippen molar-refractivity contribution in [2.45, 2.75) is 43.8 Å². The molecule has 3 atom stereocenters. The molecule has 216 valence electrons. The molecule has 0 aromatic heterocycles. The van der Waals surface area contributed by atoms with Gasteiger partial charge in [0.2, 0.25) is 17.7 Å². The van der Waals surface area contributed by atoms with Gasteiger partial charge in [-0.15, -0.1) is 0 Å². The van der Waals surface area contributed by atoms with Gasteiger partial charge < -0.3 is 42.1 Å². The molecule has 0 saturated heterocycles. The number of nitrogens with one attached hydrogen (secondary N) is 6. The molecule has 8 N–H and O–H groups in total. The van der Waals surface area contributed by atoms with Crippen LogP contribution in [0.2, 0.25) is 0 Å². The van der Waals surface area contributed by atoms with E-state index in [0.29, 0.717) is 35.3 Å². The van der Waals surface area contributed by atoms with E-state index in [2.05, 4.69) is 31.9 Å². The van der Waals surface area contributed by atoms with Gasteiger partial charge in [0.1, 0.15) is 17.8 Å². The summed E-state index contributed by atoms with van der Waals surface area (Å²) >= 11 is 0. The third-order valence-corrected chi connectivity index (χ3v) is 6.81. The Morgan fingerprint density at radius 1 is 0.925 bits per heavy atom. The summed E-state index contributed by atoms with van der Waals surface area (Å²) in [5.74, 6) is -2.62. The number of carbonyl (C=O) groups excluding carboxylic acids is 3. The first-order valence-electron chi connectivity index (χ1n) is 13.2. The maximum atomic E-state index is 13.3. The van der Waals surface area contributed by atoms with Crippen molar-refractivity contribution in [2.24, 2.45) is 0 Å². The van der Waals surface area contributed by atoms with Crippen LogP contribution in [0.15, 0.2) is 36.4 Å². The van der Waals surface area contributed by atoms with Crippen LogP contribution in [-0.2, 0) is 32.0 Å². The summed E-state index contributed by atoms with van der Waals surface area (Å²) in [6.07, 6.45) is 0.868. The van der Waals surface area contributed by atoms with E-state index in [1.807, 2.05) is 0 Å². The van der Waals surface area contributed by atoms with E-state index in [1.54, 1.807) is 57.5 Å². The fourth-order valence-corrected chi connectivity index (χ4v) is 4.61. The molecule has 3 rings (SSSR count). The number of anilines is 1. The summed E-state index contributed by atoms with van der Waals surface area (Å²) in [4.78, 5) is 51.2. The molecular formula is C28H38N6O6. The summed E-state index contributed by atoms with van der Waals surface area (Å²) in [6.45, 7) is 0.656. The lowest BCUT2D eigenvalue weighted by Gasteiger charge is -2.24. The first-order valence-corrected chi connectivity index (χ1v) is 13.2. The number of phenols is 1. The number of aliphatic carboxylic acids is 1. The molecular weight excluding hydrogens is 516 g/mol. The van der Waals surface area contributed by atoms with Crippen molar-refractivity contribution in [1.29, 1.82) is 0 Å². The van der Waals surface area contributed by atoms with Crippen molar-refractivity contribution < 1.29 is 29.4 Å². The normalized spacial score (nSPS) is 19.5. The van der Waals surface area contributed by atoms with E-state index >= 15 is 0 Å². The van der Waals surface area contributed by atoms with E-state index in [-0.39, 0.29) is 37.5 Å². The zero-order chi connectivity index (χ0) is 29.2. The minimum absolute atomic E-state index is 0.0199. The largest absolute Gasteiger partial charge is 0.508 e. The number of carboxylic acids is 1. The molecule has 4 bridgehead atoms. The van der Waals surface area contributed by atoms with Gasteiger partial charge in [0.25, 0.3) is 0 Å². The van der Waals surface area contributed by atoms with E-state index < -0.39 is 35.9 Å². The summed E-state index contributed by atoms with van der Waals surface area (Å²) < 4.78 is 0. The number of hydrogen-bond donors (Lipinski definition) is 8. The van der Waals surface area contributed by atoms with E-state index in [0.717, 1.165) is 5.56 Å². The van der Waals surface area contributed by atoms with E-state index in [9.17, 15) is 29.4 Å². The van der Waals surface area contributed by atoms with Gasteiger partial charge in [-0.05, 0) is 87.0 Å². The lowest BCUT2D eigenvalue weighted by Crippen LogP contribution is -2.55. The van der Waals surface area contributed by atoms with E-state index in [4.69, 9.17) is 0 Å². The van der Waals surface area contributed by atoms with Crippen molar-refractivity contribution in [3.63, 3.8) is 0 Å². The standard InChI is InChI=1S/C28H38N6O6/c1-29-10-4-5-21-26(37)34-23(28(39)40)13-18-11-16(6-8-20(18)32-25(36)15-30-2)17-7-9-24(35)19(12-17)14-22(31-3)27(38)33-21/h6-9,11-12,21-23,29-31,35H,4-5,10,13-15H2,1-3H3,(H,32,36)(H,33,38)(H,34,37)(H,39,40)/t21-,22-,23-/m0/s1. The van der Waals surface area contributed by atoms with Crippen LogP contribution >= 0.6 is 0 Å². The molecule has 1 aliphatic rings. The molecule has 40 heavy (non-hydrogen) atoms. The Balaban J connectivity index is 2.12. The second kappa shape index (κ2) is 14.4. The van der Waals surface area contributed by atoms with Crippen LogP contribution in [0.5, 0.6) is 5.75 Å². The highest BCUT2D eigenvalue weighted by Crippen LogP contribution is 2.30. The molecule has 0 unspecified atom stereocenters. The van der Waals surface area contributed by atoms with Crippen molar-refractivity contribution in [3.8, 4) is 16.9 Å². The molecule has 1 aliphatic heterocycles. The van der Waals surface area contributed by atoms with Crippen LogP contribution < -0.4 is 31.9 Å². The minimum Gasteiger partial charge on any atom is -0.508 e. The molecule has 12 heteroatoms. The Hall–Kier alpha value is -4.00. The zero-order valence-electron chi connectivity index (χ0n) is 23.0. The van der Waals surface area contributed by atoms with Crippen LogP contribution in [0.3, 0.4) is 0 Å². The third kappa shape index (κ3) is 8.01. The van der Waals surface area contributed by atoms with Gasteiger partial charge in [-0.3, -0.25) is 14.4 Å². The number of fused-ring (bicyclic) bond motifs is 5. The predicted octanol–water partition coefficient (Wildman–Crippen LogP) is -0.0425. The molecule has 0 spiro atoms. The number of amides is 3. The highest BCUT2D eigenvalue weighted by atomic mass is 16.4. The Labute approximate surface area is 233 Å². The fraction of sp³-hybridized carbons (Fsp3) is 0.429. The van der Waals surface area contributed by atoms with Crippen LogP contribution in [0, 0.1) is 0 Å². The predicted molar refractivity (Wildman–Crippen MR) is 151 cm³/mol. The SMILES string of the molecule is CNCCC[C@@H]1NC(=O)[C@@H](NC)Cc2cc(ccc2O)-c2ccc(NC(=O)CNC)c(c2)C[C@@H](C(=O)O)NC1=O. The summed E-state index contributed by atoms with van der Waals surface area (Å²) in [5, 5.41) is 37.5. The maximum Gasteiger partial charge on any atom is 0.326 e. The molecule has 2 aromatic carbocycles. The van der Waals surface area contributed by atoms with Crippen molar-refractivity contribution in [3.05, 3.63) is 47.5 Å². The van der Waals surface area contributed by atoms with Gasteiger partial charge in [-0.2, -0.15) is 0 Å². The molecule has 3 amide bonds. The number of rotatable bonds is 9. The smallest absolute Gasteiger partial charge is 0.326 e. The third-order valence-electron chi connectivity index (χ3n) is 6.81. The number of benzene rings is 2. The first-order chi connectivity index (χ1) is 19.2. The Bertz CT molecular complexity index is 1240. The fourth-order valence-electron chi connectivity index (χ4n) is 4.61. The lowest BCUT2D eigenvalue weighted by molar-refractivity contribution is -0.142. The summed E-state index contributed by atoms with van der Waals surface area (Å²) in [5.41, 5.74) is 2.89. The van der Waals surface area contributed by atoms with Crippen LogP contribution in [-0.4, -0.2) is 86.3 Å². The summed E-state index contributed by atoms with van der Waals surface area (Å²) in [6, 6.07) is 7.19. The first kappa shape index (κ1) is 30.5. The monoisotopic (exact) mass is 554 g/mol. The lowest BCUT2D eigenvalue weighted by atomic mass is 9.95. The number of phenolic OH excluding ortho intramolecular Hbond substituents is 1. The van der Waals surface area contributed by atoms with E-state index in [1.165, 1.54) is 0 Å². The highest BCUT2D eigenvalue weighted by Gasteiger charge is 2.30. The van der Waals surface area contributed by atoms with Gasteiger partial charge in [0.15, 0.2) is 0 Å². The number of carboxylic acid groups (broad SMARTS) is 1. The van der Waals surface area contributed by atoms with Gasteiger partial charge in [-0.25, -0.2) is 4.79 Å². The average Bonchev–Trinajstić information content (AvgIpc) is 2.92. The molecule has 1 heterocycles. The van der Waals surface area contributed by atoms with Gasteiger partial charge in [-0.1, -0.05) is 12.1 Å². The molecule has 0 fully saturated rings. The Morgan fingerprint density at radius 2 is 1.62 bits per heavy atom. The number of carbonyl (C=O) groups is 4. The van der Waals surface area contributed by atoms with Gasteiger partial charge >= 0.3 is 5.97 Å². The number of hydrogen-bond acceptors (Lipinski definition) is 8. The number of aromatic hydroxyl groups is 1. The quantitative estimate of drug-likeness (QED) is 0.197. The van der Waals surface area contributed by atoms with Crippen LogP contribution in [0.25, 0.3) is 11.1 Å².